The fourth-order valence-corrected chi connectivity index (χ4v) is 2.32. The van der Waals surface area contributed by atoms with Crippen LogP contribution in [0.25, 0.3) is 0 Å². The SMILES string of the molecule is C=C(/N=C(C(=O)OC)\C(Cl)=C(/N)NCc1ccccc1C)C1CC1. The van der Waals surface area contributed by atoms with E-state index in [1.54, 1.807) is 0 Å². The van der Waals surface area contributed by atoms with Gasteiger partial charge in [-0.25, -0.2) is 9.79 Å². The van der Waals surface area contributed by atoms with Crippen molar-refractivity contribution in [1.82, 2.24) is 5.32 Å². The van der Waals surface area contributed by atoms with Crippen LogP contribution in [0.15, 0.2) is 52.4 Å². The second kappa shape index (κ2) is 8.02. The van der Waals surface area contributed by atoms with Crippen LogP contribution in [0.2, 0.25) is 0 Å². The molecule has 0 radical (unpaired) electrons. The molecule has 1 aliphatic rings. The highest BCUT2D eigenvalue weighted by Crippen LogP contribution is 2.36. The number of methoxy groups -OCH3 is 1. The fraction of sp³-hybridized carbons (Fsp3) is 0.333. The topological polar surface area (TPSA) is 76.7 Å². The maximum Gasteiger partial charge on any atom is 0.358 e. The number of benzene rings is 1. The molecule has 24 heavy (non-hydrogen) atoms. The summed E-state index contributed by atoms with van der Waals surface area (Å²) in [5, 5.41) is 3.06. The van der Waals surface area contributed by atoms with Crippen LogP contribution in [-0.4, -0.2) is 18.8 Å². The van der Waals surface area contributed by atoms with Gasteiger partial charge in [0.2, 0.25) is 0 Å². The van der Waals surface area contributed by atoms with Gasteiger partial charge < -0.3 is 15.8 Å². The number of carbonyl (C=O) groups is 1. The molecule has 0 heterocycles. The Morgan fingerprint density at radius 1 is 1.46 bits per heavy atom. The van der Waals surface area contributed by atoms with E-state index in [0.29, 0.717) is 18.2 Å². The molecule has 0 atom stereocenters. The number of carbonyl (C=O) groups excluding carboxylic acids is 1. The molecule has 0 unspecified atom stereocenters. The Balaban J connectivity index is 2.17. The summed E-state index contributed by atoms with van der Waals surface area (Å²) in [6, 6.07) is 7.93. The van der Waals surface area contributed by atoms with Crippen LogP contribution in [0.1, 0.15) is 24.0 Å². The third-order valence-electron chi connectivity index (χ3n) is 3.86. The van der Waals surface area contributed by atoms with Crippen molar-refractivity contribution in [3.05, 3.63) is 58.5 Å². The lowest BCUT2D eigenvalue weighted by atomic mass is 10.1. The van der Waals surface area contributed by atoms with Crippen LogP contribution in [0.5, 0.6) is 0 Å². The molecule has 1 fully saturated rings. The molecule has 0 amide bonds. The van der Waals surface area contributed by atoms with Crippen LogP contribution < -0.4 is 11.1 Å². The zero-order chi connectivity index (χ0) is 17.7. The van der Waals surface area contributed by atoms with Crippen molar-refractivity contribution in [3.63, 3.8) is 0 Å². The lowest BCUT2D eigenvalue weighted by Gasteiger charge is -2.12. The van der Waals surface area contributed by atoms with Crippen molar-refractivity contribution in [2.45, 2.75) is 26.3 Å². The molecule has 0 saturated heterocycles. The summed E-state index contributed by atoms with van der Waals surface area (Å²) in [5.41, 5.74) is 8.82. The first-order chi connectivity index (χ1) is 11.4. The summed E-state index contributed by atoms with van der Waals surface area (Å²) in [6.45, 7) is 6.39. The van der Waals surface area contributed by atoms with Crippen molar-refractivity contribution < 1.29 is 9.53 Å². The Bertz CT molecular complexity index is 706. The molecule has 1 aliphatic carbocycles. The van der Waals surface area contributed by atoms with Crippen LogP contribution in [0, 0.1) is 12.8 Å². The van der Waals surface area contributed by atoms with Gasteiger partial charge in [-0.3, -0.25) is 0 Å². The van der Waals surface area contributed by atoms with Gasteiger partial charge in [0.15, 0.2) is 5.71 Å². The summed E-state index contributed by atoms with van der Waals surface area (Å²) < 4.78 is 4.75. The Morgan fingerprint density at radius 3 is 2.71 bits per heavy atom. The van der Waals surface area contributed by atoms with E-state index in [1.165, 1.54) is 7.11 Å². The molecule has 0 aromatic heterocycles. The summed E-state index contributed by atoms with van der Waals surface area (Å²) in [7, 11) is 1.28. The van der Waals surface area contributed by atoms with Gasteiger partial charge in [0, 0.05) is 18.2 Å². The minimum atomic E-state index is -0.637. The molecule has 0 bridgehead atoms. The predicted molar refractivity (Wildman–Crippen MR) is 96.4 cm³/mol. The number of hydrogen-bond donors (Lipinski definition) is 2. The number of nitrogens with two attached hydrogens (primary N) is 1. The second-order valence-corrected chi connectivity index (χ2v) is 6.10. The van der Waals surface area contributed by atoms with Crippen molar-refractivity contribution in [2.75, 3.05) is 7.11 Å². The molecule has 1 aromatic carbocycles. The number of ether oxygens (including phenoxy) is 1. The van der Waals surface area contributed by atoms with Gasteiger partial charge in [0.05, 0.1) is 7.11 Å². The molecule has 2 rings (SSSR count). The van der Waals surface area contributed by atoms with E-state index in [1.807, 2.05) is 31.2 Å². The zero-order valence-corrected chi connectivity index (χ0v) is 14.7. The molecule has 0 spiro atoms. The van der Waals surface area contributed by atoms with Gasteiger partial charge in [0.25, 0.3) is 0 Å². The lowest BCUT2D eigenvalue weighted by molar-refractivity contribution is -0.132. The molecule has 5 nitrogen and oxygen atoms in total. The van der Waals surface area contributed by atoms with Crippen LogP contribution in [0.4, 0.5) is 0 Å². The van der Waals surface area contributed by atoms with Gasteiger partial charge in [-0.05, 0) is 30.9 Å². The summed E-state index contributed by atoms with van der Waals surface area (Å²) in [4.78, 5) is 16.2. The van der Waals surface area contributed by atoms with Crippen LogP contribution in [-0.2, 0) is 16.1 Å². The monoisotopic (exact) mass is 347 g/mol. The van der Waals surface area contributed by atoms with E-state index in [0.717, 1.165) is 24.0 Å². The quantitative estimate of drug-likeness (QED) is 0.587. The third kappa shape index (κ3) is 4.61. The third-order valence-corrected chi connectivity index (χ3v) is 4.24. The summed E-state index contributed by atoms with van der Waals surface area (Å²) in [6.07, 6.45) is 2.05. The van der Waals surface area contributed by atoms with Crippen molar-refractivity contribution >= 4 is 23.3 Å². The molecule has 6 heteroatoms. The van der Waals surface area contributed by atoms with E-state index >= 15 is 0 Å². The average Bonchev–Trinajstić information content (AvgIpc) is 3.42. The lowest BCUT2D eigenvalue weighted by Crippen LogP contribution is -2.26. The Hall–Kier alpha value is -2.27. The molecular weight excluding hydrogens is 326 g/mol. The number of halogens is 1. The second-order valence-electron chi connectivity index (χ2n) is 5.73. The number of aliphatic imine (C=N–C) groups is 1. The molecule has 128 valence electrons. The van der Waals surface area contributed by atoms with Crippen molar-refractivity contribution in [1.29, 1.82) is 0 Å². The zero-order valence-electron chi connectivity index (χ0n) is 13.9. The number of nitrogens with one attached hydrogen (secondary N) is 1. The molecular formula is C18H22ClN3O2. The maximum atomic E-state index is 12.0. The first-order valence-corrected chi connectivity index (χ1v) is 8.11. The number of esters is 1. The van der Waals surface area contributed by atoms with Crippen LogP contribution in [0.3, 0.4) is 0 Å². The fourth-order valence-electron chi connectivity index (χ4n) is 2.14. The Kier molecular flexibility index (Phi) is 6.04. The Morgan fingerprint density at radius 2 is 2.12 bits per heavy atom. The van der Waals surface area contributed by atoms with E-state index in [2.05, 4.69) is 16.9 Å². The predicted octanol–water partition coefficient (Wildman–Crippen LogP) is 2.99. The van der Waals surface area contributed by atoms with Gasteiger partial charge in [-0.15, -0.1) is 0 Å². The highest BCUT2D eigenvalue weighted by atomic mass is 35.5. The molecule has 0 aliphatic heterocycles. The van der Waals surface area contributed by atoms with Gasteiger partial charge in [-0.2, -0.15) is 0 Å². The molecule has 1 aromatic rings. The highest BCUT2D eigenvalue weighted by Gasteiger charge is 2.27. The van der Waals surface area contributed by atoms with Gasteiger partial charge in [-0.1, -0.05) is 42.4 Å². The summed E-state index contributed by atoms with van der Waals surface area (Å²) >= 11 is 6.27. The number of nitrogens with zero attached hydrogens (tertiary/aromatic N) is 1. The normalized spacial score (nSPS) is 15.5. The van der Waals surface area contributed by atoms with Gasteiger partial charge >= 0.3 is 5.97 Å². The molecule has 1 saturated carbocycles. The number of hydrogen-bond acceptors (Lipinski definition) is 5. The van der Waals surface area contributed by atoms with Gasteiger partial charge in [0.1, 0.15) is 10.9 Å². The van der Waals surface area contributed by atoms with Crippen molar-refractivity contribution in [2.24, 2.45) is 16.6 Å². The first-order valence-electron chi connectivity index (χ1n) is 7.73. The minimum absolute atomic E-state index is 0.0224. The largest absolute Gasteiger partial charge is 0.464 e. The van der Waals surface area contributed by atoms with Crippen molar-refractivity contribution in [3.8, 4) is 0 Å². The highest BCUT2D eigenvalue weighted by molar-refractivity contribution is 6.58. The standard InChI is InChI=1S/C18H22ClN3O2/c1-11-6-4-5-7-14(11)10-21-17(20)15(19)16(18(23)24-3)22-12(2)13-8-9-13/h4-7,13,21H,2,8-10,20H2,1,3H3/b17-15-,22-16+. The number of rotatable bonds is 7. The van der Waals surface area contributed by atoms with E-state index in [4.69, 9.17) is 22.1 Å². The number of aryl methyl sites for hydroxylation is 1. The average molecular weight is 348 g/mol. The van der Waals surface area contributed by atoms with E-state index in [-0.39, 0.29) is 16.6 Å². The Labute approximate surface area is 147 Å². The first kappa shape index (κ1) is 18.1. The maximum absolute atomic E-state index is 12.0. The van der Waals surface area contributed by atoms with E-state index < -0.39 is 5.97 Å². The number of allylic oxidation sites excluding steroid dienone is 1. The molecule has 3 N–H and O–H groups in total. The van der Waals surface area contributed by atoms with E-state index in [9.17, 15) is 4.79 Å². The smallest absolute Gasteiger partial charge is 0.358 e. The minimum Gasteiger partial charge on any atom is -0.464 e. The van der Waals surface area contributed by atoms with Crippen LogP contribution >= 0.6 is 11.6 Å². The summed E-state index contributed by atoms with van der Waals surface area (Å²) in [5.74, 6) is -0.148.